The van der Waals surface area contributed by atoms with Crippen LogP contribution in [0.5, 0.6) is 5.75 Å². The number of benzene rings is 1. The van der Waals surface area contributed by atoms with E-state index in [0.717, 1.165) is 24.5 Å². The molecule has 1 aromatic rings. The molecule has 1 aliphatic carbocycles. The van der Waals surface area contributed by atoms with Crippen LogP contribution >= 0.6 is 0 Å². The van der Waals surface area contributed by atoms with Gasteiger partial charge in [0.15, 0.2) is 0 Å². The fourth-order valence-corrected chi connectivity index (χ4v) is 3.33. The number of ether oxygens (including phenoxy) is 1. The molecule has 1 aromatic carbocycles. The van der Waals surface area contributed by atoms with Gasteiger partial charge < -0.3 is 10.5 Å². The Morgan fingerprint density at radius 2 is 2.00 bits per heavy atom. The summed E-state index contributed by atoms with van der Waals surface area (Å²) in [6, 6.07) is 8.40. The Bertz CT molecular complexity index is 441. The van der Waals surface area contributed by atoms with Crippen molar-refractivity contribution in [2.24, 2.45) is 17.6 Å². The zero-order chi connectivity index (χ0) is 14.8. The fourth-order valence-electron chi connectivity index (χ4n) is 3.33. The van der Waals surface area contributed by atoms with Crippen molar-refractivity contribution < 1.29 is 4.74 Å². The van der Waals surface area contributed by atoms with Gasteiger partial charge in [0, 0.05) is 5.54 Å². The van der Waals surface area contributed by atoms with Crippen LogP contribution in [0.2, 0.25) is 0 Å². The molecule has 2 atom stereocenters. The summed E-state index contributed by atoms with van der Waals surface area (Å²) < 4.78 is 5.81. The van der Waals surface area contributed by atoms with Gasteiger partial charge in [0.25, 0.3) is 0 Å². The molecule has 0 saturated heterocycles. The standard InChI is InChI=1S/C18H29NO/c1-13(2)15-7-6-10-18(19,12-15)16-8-5-9-17(11-16)20-14(3)4/h5,8-9,11,13-15H,6-7,10,12,19H2,1-4H3. The van der Waals surface area contributed by atoms with Gasteiger partial charge in [-0.05, 0) is 56.2 Å². The molecule has 0 amide bonds. The third-order valence-corrected chi connectivity index (χ3v) is 4.55. The van der Waals surface area contributed by atoms with Crippen molar-refractivity contribution in [2.75, 3.05) is 0 Å². The molecule has 1 saturated carbocycles. The monoisotopic (exact) mass is 275 g/mol. The second-order valence-electron chi connectivity index (χ2n) is 6.95. The van der Waals surface area contributed by atoms with Crippen molar-refractivity contribution in [1.82, 2.24) is 0 Å². The van der Waals surface area contributed by atoms with Crippen molar-refractivity contribution >= 4 is 0 Å². The SMILES string of the molecule is CC(C)Oc1cccc(C2(N)CCCC(C(C)C)C2)c1. The minimum absolute atomic E-state index is 0.177. The summed E-state index contributed by atoms with van der Waals surface area (Å²) in [5, 5.41) is 0. The van der Waals surface area contributed by atoms with Crippen LogP contribution in [-0.2, 0) is 5.54 Å². The molecule has 1 fully saturated rings. The molecule has 2 unspecified atom stereocenters. The molecule has 0 spiro atoms. The van der Waals surface area contributed by atoms with E-state index in [2.05, 4.69) is 45.9 Å². The summed E-state index contributed by atoms with van der Waals surface area (Å²) in [5.41, 5.74) is 7.81. The number of rotatable bonds is 4. The number of hydrogen-bond donors (Lipinski definition) is 1. The Kier molecular flexibility index (Phi) is 4.74. The molecule has 0 bridgehead atoms. The van der Waals surface area contributed by atoms with Crippen LogP contribution in [0.1, 0.15) is 58.9 Å². The summed E-state index contributed by atoms with van der Waals surface area (Å²) in [6.45, 7) is 8.74. The predicted molar refractivity (Wildman–Crippen MR) is 84.9 cm³/mol. The molecule has 112 valence electrons. The molecule has 0 aromatic heterocycles. The van der Waals surface area contributed by atoms with Gasteiger partial charge in [-0.25, -0.2) is 0 Å². The normalized spacial score (nSPS) is 27.1. The second-order valence-corrected chi connectivity index (χ2v) is 6.95. The summed E-state index contributed by atoms with van der Waals surface area (Å²) in [7, 11) is 0. The molecule has 20 heavy (non-hydrogen) atoms. The van der Waals surface area contributed by atoms with Gasteiger partial charge in [0.05, 0.1) is 6.10 Å². The highest BCUT2D eigenvalue weighted by molar-refractivity contribution is 5.33. The van der Waals surface area contributed by atoms with Gasteiger partial charge in [0.2, 0.25) is 0 Å². The van der Waals surface area contributed by atoms with Crippen LogP contribution in [0.3, 0.4) is 0 Å². The Morgan fingerprint density at radius 3 is 2.65 bits per heavy atom. The van der Waals surface area contributed by atoms with Crippen LogP contribution < -0.4 is 10.5 Å². The summed E-state index contributed by atoms with van der Waals surface area (Å²) in [6.07, 6.45) is 4.93. The first-order valence-corrected chi connectivity index (χ1v) is 7.97. The lowest BCUT2D eigenvalue weighted by Gasteiger charge is -2.40. The highest BCUT2D eigenvalue weighted by Crippen LogP contribution is 2.41. The van der Waals surface area contributed by atoms with E-state index in [9.17, 15) is 0 Å². The average Bonchev–Trinajstić information content (AvgIpc) is 2.38. The van der Waals surface area contributed by atoms with Crippen LogP contribution in [0.15, 0.2) is 24.3 Å². The van der Waals surface area contributed by atoms with E-state index >= 15 is 0 Å². The van der Waals surface area contributed by atoms with Gasteiger partial charge in [-0.1, -0.05) is 38.8 Å². The number of hydrogen-bond acceptors (Lipinski definition) is 2. The van der Waals surface area contributed by atoms with E-state index in [1.807, 2.05) is 6.07 Å². The van der Waals surface area contributed by atoms with E-state index in [1.165, 1.54) is 18.4 Å². The van der Waals surface area contributed by atoms with E-state index < -0.39 is 0 Å². The number of nitrogens with two attached hydrogens (primary N) is 1. The van der Waals surface area contributed by atoms with Crippen molar-refractivity contribution in [3.63, 3.8) is 0 Å². The highest BCUT2D eigenvalue weighted by Gasteiger charge is 2.35. The maximum absolute atomic E-state index is 6.75. The third-order valence-electron chi connectivity index (χ3n) is 4.55. The quantitative estimate of drug-likeness (QED) is 0.879. The molecule has 2 nitrogen and oxygen atoms in total. The summed E-state index contributed by atoms with van der Waals surface area (Å²) in [4.78, 5) is 0. The lowest BCUT2D eigenvalue weighted by Crippen LogP contribution is -2.42. The molecular weight excluding hydrogens is 246 g/mol. The Morgan fingerprint density at radius 1 is 1.25 bits per heavy atom. The lowest BCUT2D eigenvalue weighted by molar-refractivity contribution is 0.183. The maximum atomic E-state index is 6.75. The van der Waals surface area contributed by atoms with E-state index in [1.54, 1.807) is 0 Å². The van der Waals surface area contributed by atoms with E-state index in [-0.39, 0.29) is 11.6 Å². The van der Waals surface area contributed by atoms with Gasteiger partial charge in [-0.2, -0.15) is 0 Å². The topological polar surface area (TPSA) is 35.2 Å². The molecule has 2 N–H and O–H groups in total. The molecular formula is C18H29NO. The first-order chi connectivity index (χ1) is 9.40. The minimum Gasteiger partial charge on any atom is -0.491 e. The molecule has 2 rings (SSSR count). The molecule has 0 radical (unpaired) electrons. The third kappa shape index (κ3) is 3.54. The largest absolute Gasteiger partial charge is 0.491 e. The summed E-state index contributed by atoms with van der Waals surface area (Å²) in [5.74, 6) is 2.39. The fraction of sp³-hybridized carbons (Fsp3) is 0.667. The molecule has 0 heterocycles. The van der Waals surface area contributed by atoms with Crippen LogP contribution in [-0.4, -0.2) is 6.10 Å². The Labute approximate surface area is 123 Å². The maximum Gasteiger partial charge on any atom is 0.120 e. The van der Waals surface area contributed by atoms with Gasteiger partial charge in [-0.3, -0.25) is 0 Å². The smallest absolute Gasteiger partial charge is 0.120 e. The zero-order valence-electron chi connectivity index (χ0n) is 13.4. The van der Waals surface area contributed by atoms with Gasteiger partial charge in [0.1, 0.15) is 5.75 Å². The molecule has 1 aliphatic rings. The Balaban J connectivity index is 2.20. The Hall–Kier alpha value is -1.02. The zero-order valence-corrected chi connectivity index (χ0v) is 13.4. The van der Waals surface area contributed by atoms with E-state index in [0.29, 0.717) is 5.92 Å². The van der Waals surface area contributed by atoms with Crippen molar-refractivity contribution in [3.05, 3.63) is 29.8 Å². The van der Waals surface area contributed by atoms with Crippen molar-refractivity contribution in [1.29, 1.82) is 0 Å². The van der Waals surface area contributed by atoms with Gasteiger partial charge in [-0.15, -0.1) is 0 Å². The minimum atomic E-state index is -0.177. The van der Waals surface area contributed by atoms with Gasteiger partial charge >= 0.3 is 0 Å². The highest BCUT2D eigenvalue weighted by atomic mass is 16.5. The second kappa shape index (κ2) is 6.17. The van der Waals surface area contributed by atoms with E-state index in [4.69, 9.17) is 10.5 Å². The first-order valence-electron chi connectivity index (χ1n) is 7.97. The van der Waals surface area contributed by atoms with Crippen LogP contribution in [0, 0.1) is 11.8 Å². The lowest BCUT2D eigenvalue weighted by atomic mass is 9.69. The average molecular weight is 275 g/mol. The van der Waals surface area contributed by atoms with Crippen molar-refractivity contribution in [3.8, 4) is 5.75 Å². The summed E-state index contributed by atoms with van der Waals surface area (Å²) >= 11 is 0. The van der Waals surface area contributed by atoms with Crippen LogP contribution in [0.25, 0.3) is 0 Å². The molecule has 2 heteroatoms. The first kappa shape index (κ1) is 15.4. The van der Waals surface area contributed by atoms with Crippen molar-refractivity contribution in [2.45, 2.75) is 65.0 Å². The van der Waals surface area contributed by atoms with Crippen LogP contribution in [0.4, 0.5) is 0 Å². The predicted octanol–water partition coefficient (Wildman–Crippen LogP) is 4.47. The molecule has 0 aliphatic heterocycles.